The number of nitrogens with one attached hydrogen (secondary N) is 4. The quantitative estimate of drug-likeness (QED) is 0.544. The standard InChI is InChI=1S/C17H20F6N6O/c18-16(19,20)9-30-15-28-13(25-11-4-6-24-7-5-11)27-14(29-15)26-12-3-1-2-10(8-12)17(21,22)23/h1-3,8,11,13,24-25H,4-7,9H2,(H2,26,27,28,29). The molecule has 1 unspecified atom stereocenters. The zero-order chi connectivity index (χ0) is 21.8. The minimum atomic E-state index is -4.58. The van der Waals surface area contributed by atoms with E-state index in [2.05, 4.69) is 36.0 Å². The molecule has 30 heavy (non-hydrogen) atoms. The number of rotatable bonds is 4. The zero-order valence-electron chi connectivity index (χ0n) is 15.6. The van der Waals surface area contributed by atoms with Crippen molar-refractivity contribution >= 4 is 17.7 Å². The first-order valence-electron chi connectivity index (χ1n) is 9.12. The van der Waals surface area contributed by atoms with E-state index in [0.717, 1.165) is 38.1 Å². The molecule has 2 heterocycles. The molecule has 7 nitrogen and oxygen atoms in total. The second-order valence-corrected chi connectivity index (χ2v) is 6.71. The molecule has 166 valence electrons. The first-order valence-corrected chi connectivity index (χ1v) is 9.12. The summed E-state index contributed by atoms with van der Waals surface area (Å²) in [5.74, 6) is -0.184. The summed E-state index contributed by atoms with van der Waals surface area (Å²) in [6.45, 7) is -0.0281. The van der Waals surface area contributed by atoms with Gasteiger partial charge in [-0.25, -0.2) is 4.99 Å². The molecular weight excluding hydrogens is 418 g/mol. The van der Waals surface area contributed by atoms with Gasteiger partial charge in [0.25, 0.3) is 6.02 Å². The van der Waals surface area contributed by atoms with Gasteiger partial charge in [-0.15, -0.1) is 0 Å². The highest BCUT2D eigenvalue weighted by molar-refractivity contribution is 6.02. The Morgan fingerprint density at radius 1 is 1.10 bits per heavy atom. The highest BCUT2D eigenvalue weighted by Crippen LogP contribution is 2.30. The van der Waals surface area contributed by atoms with Crippen LogP contribution in [0.3, 0.4) is 0 Å². The van der Waals surface area contributed by atoms with E-state index < -0.39 is 36.8 Å². The number of hydrogen-bond donors (Lipinski definition) is 4. The number of halogens is 6. The van der Waals surface area contributed by atoms with E-state index in [9.17, 15) is 26.3 Å². The van der Waals surface area contributed by atoms with Gasteiger partial charge in [-0.05, 0) is 44.1 Å². The normalized spacial score (nSPS) is 20.8. The molecule has 1 aromatic carbocycles. The van der Waals surface area contributed by atoms with Gasteiger partial charge in [0.15, 0.2) is 12.9 Å². The fourth-order valence-electron chi connectivity index (χ4n) is 2.91. The summed E-state index contributed by atoms with van der Waals surface area (Å²) in [4.78, 5) is 7.99. The minimum Gasteiger partial charge on any atom is -0.455 e. The van der Waals surface area contributed by atoms with Crippen LogP contribution in [0.1, 0.15) is 18.4 Å². The number of piperidine rings is 1. The number of nitrogens with zero attached hydrogens (tertiary/aromatic N) is 2. The monoisotopic (exact) mass is 438 g/mol. The van der Waals surface area contributed by atoms with Crippen LogP contribution < -0.4 is 21.3 Å². The predicted octanol–water partition coefficient (Wildman–Crippen LogP) is 2.64. The molecule has 0 aromatic heterocycles. The number of aliphatic imine (C=N–C) groups is 2. The average Bonchev–Trinajstić information content (AvgIpc) is 2.66. The molecule has 4 N–H and O–H groups in total. The predicted molar refractivity (Wildman–Crippen MR) is 97.9 cm³/mol. The Labute approximate surface area is 168 Å². The second-order valence-electron chi connectivity index (χ2n) is 6.71. The van der Waals surface area contributed by atoms with Gasteiger partial charge < -0.3 is 20.7 Å². The summed E-state index contributed by atoms with van der Waals surface area (Å²) in [6.07, 6.45) is -8.43. The molecule has 2 aliphatic rings. The average molecular weight is 438 g/mol. The maximum Gasteiger partial charge on any atom is 0.422 e. The Bertz CT molecular complexity index is 788. The summed E-state index contributed by atoms with van der Waals surface area (Å²) in [6, 6.07) is 3.92. The summed E-state index contributed by atoms with van der Waals surface area (Å²) in [5.41, 5.74) is -0.853. The molecule has 3 rings (SSSR count). The number of hydrogen-bond acceptors (Lipinski definition) is 7. The maximum absolute atomic E-state index is 12.9. The Morgan fingerprint density at radius 2 is 1.83 bits per heavy atom. The van der Waals surface area contributed by atoms with Crippen LogP contribution in [0.15, 0.2) is 34.3 Å². The van der Waals surface area contributed by atoms with Crippen LogP contribution in [0.25, 0.3) is 0 Å². The molecular formula is C17H20F6N6O. The molecule has 1 saturated heterocycles. The number of benzene rings is 1. The van der Waals surface area contributed by atoms with Crippen molar-refractivity contribution in [3.63, 3.8) is 0 Å². The summed E-state index contributed by atoms with van der Waals surface area (Å²) < 4.78 is 80.9. The molecule has 2 aliphatic heterocycles. The Kier molecular flexibility index (Phi) is 6.71. The van der Waals surface area contributed by atoms with Crippen molar-refractivity contribution in [1.82, 2.24) is 16.0 Å². The van der Waals surface area contributed by atoms with Crippen LogP contribution in [0.5, 0.6) is 0 Å². The van der Waals surface area contributed by atoms with E-state index in [1.165, 1.54) is 12.1 Å². The lowest BCUT2D eigenvalue weighted by atomic mass is 10.1. The van der Waals surface area contributed by atoms with E-state index in [-0.39, 0.29) is 17.7 Å². The fourth-order valence-corrected chi connectivity index (χ4v) is 2.91. The first kappa shape index (κ1) is 22.2. The number of alkyl halides is 6. The Hall–Kier alpha value is -2.54. The third-order valence-electron chi connectivity index (χ3n) is 4.27. The van der Waals surface area contributed by atoms with E-state index >= 15 is 0 Å². The molecule has 1 atom stereocenters. The lowest BCUT2D eigenvalue weighted by molar-refractivity contribution is -0.157. The third kappa shape index (κ3) is 6.76. The van der Waals surface area contributed by atoms with Gasteiger partial charge in [0.05, 0.1) is 5.56 Å². The topological polar surface area (TPSA) is 82.1 Å². The molecule has 0 aliphatic carbocycles. The number of anilines is 1. The van der Waals surface area contributed by atoms with E-state index in [0.29, 0.717) is 0 Å². The SMILES string of the molecule is FC(F)(F)COC1=NC(Nc2cccc(C(F)(F)F)c2)=NC(NC2CCNCC2)N1. The van der Waals surface area contributed by atoms with Crippen LogP contribution in [0.2, 0.25) is 0 Å². The first-order chi connectivity index (χ1) is 14.1. The molecule has 0 radical (unpaired) electrons. The molecule has 0 amide bonds. The van der Waals surface area contributed by atoms with Crippen molar-refractivity contribution in [2.24, 2.45) is 9.98 Å². The van der Waals surface area contributed by atoms with Gasteiger partial charge in [-0.2, -0.15) is 31.3 Å². The lowest BCUT2D eigenvalue weighted by Gasteiger charge is -2.30. The van der Waals surface area contributed by atoms with Gasteiger partial charge in [0.2, 0.25) is 5.96 Å². The van der Waals surface area contributed by atoms with E-state index in [1.807, 2.05) is 0 Å². The van der Waals surface area contributed by atoms with Crippen molar-refractivity contribution in [3.8, 4) is 0 Å². The number of ether oxygens (including phenoxy) is 1. The Morgan fingerprint density at radius 3 is 2.50 bits per heavy atom. The molecule has 0 spiro atoms. The fraction of sp³-hybridized carbons (Fsp3) is 0.529. The van der Waals surface area contributed by atoms with Gasteiger partial charge >= 0.3 is 12.4 Å². The lowest BCUT2D eigenvalue weighted by Crippen LogP contribution is -2.54. The van der Waals surface area contributed by atoms with Crippen molar-refractivity contribution in [1.29, 1.82) is 0 Å². The van der Waals surface area contributed by atoms with Crippen LogP contribution in [0.4, 0.5) is 32.0 Å². The van der Waals surface area contributed by atoms with Crippen molar-refractivity contribution in [3.05, 3.63) is 29.8 Å². The summed E-state index contributed by atoms with van der Waals surface area (Å²) in [7, 11) is 0. The largest absolute Gasteiger partial charge is 0.455 e. The van der Waals surface area contributed by atoms with E-state index in [4.69, 9.17) is 0 Å². The van der Waals surface area contributed by atoms with Crippen LogP contribution in [0, 0.1) is 0 Å². The van der Waals surface area contributed by atoms with Gasteiger partial charge in [-0.1, -0.05) is 6.07 Å². The van der Waals surface area contributed by atoms with Crippen LogP contribution in [-0.2, 0) is 10.9 Å². The molecule has 0 saturated carbocycles. The molecule has 0 bridgehead atoms. The second kappa shape index (κ2) is 9.08. The molecule has 1 aromatic rings. The highest BCUT2D eigenvalue weighted by Gasteiger charge is 2.32. The van der Waals surface area contributed by atoms with Gasteiger partial charge in [0.1, 0.15) is 0 Å². The maximum atomic E-state index is 12.9. The van der Waals surface area contributed by atoms with Crippen LogP contribution >= 0.6 is 0 Å². The smallest absolute Gasteiger partial charge is 0.422 e. The van der Waals surface area contributed by atoms with Gasteiger partial charge in [-0.3, -0.25) is 5.32 Å². The number of amidine groups is 1. The minimum absolute atomic E-state index is 0.0324. The summed E-state index contributed by atoms with van der Waals surface area (Å²) in [5, 5.41) is 11.5. The number of guanidine groups is 1. The van der Waals surface area contributed by atoms with Crippen molar-refractivity contribution in [2.75, 3.05) is 25.0 Å². The van der Waals surface area contributed by atoms with Gasteiger partial charge in [0, 0.05) is 11.7 Å². The third-order valence-corrected chi connectivity index (χ3v) is 4.27. The summed E-state index contributed by atoms with van der Waals surface area (Å²) >= 11 is 0. The van der Waals surface area contributed by atoms with Crippen molar-refractivity contribution in [2.45, 2.75) is 37.5 Å². The molecule has 1 fully saturated rings. The van der Waals surface area contributed by atoms with E-state index in [1.54, 1.807) is 0 Å². The Balaban J connectivity index is 1.76. The highest BCUT2D eigenvalue weighted by atomic mass is 19.4. The van der Waals surface area contributed by atoms with Crippen LogP contribution in [-0.4, -0.2) is 50.2 Å². The van der Waals surface area contributed by atoms with Crippen molar-refractivity contribution < 1.29 is 31.1 Å². The molecule has 13 heteroatoms. The zero-order valence-corrected chi connectivity index (χ0v) is 15.6.